The Balaban J connectivity index is 2.16. The molecule has 0 radical (unpaired) electrons. The number of hydrogen-bond donors (Lipinski definition) is 1. The molecule has 0 unspecified atom stereocenters. The van der Waals surface area contributed by atoms with Crippen molar-refractivity contribution in [3.63, 3.8) is 0 Å². The summed E-state index contributed by atoms with van der Waals surface area (Å²) in [7, 11) is 1.40. The Labute approximate surface area is 133 Å². The summed E-state index contributed by atoms with van der Waals surface area (Å²) in [6.45, 7) is 4.69. The van der Waals surface area contributed by atoms with E-state index in [2.05, 4.69) is 40.3 Å². The number of anilines is 1. The van der Waals surface area contributed by atoms with Crippen LogP contribution in [0.1, 0.15) is 27.0 Å². The van der Waals surface area contributed by atoms with Gasteiger partial charge in [-0.1, -0.05) is 34.1 Å². The lowest BCUT2D eigenvalue weighted by atomic mass is 10.1. The monoisotopic (exact) mass is 347 g/mol. The Morgan fingerprint density at radius 2 is 2.00 bits per heavy atom. The average molecular weight is 348 g/mol. The molecule has 0 bridgehead atoms. The molecule has 2 rings (SSSR count). The van der Waals surface area contributed by atoms with E-state index in [1.807, 2.05) is 25.1 Å². The van der Waals surface area contributed by atoms with Gasteiger partial charge in [-0.25, -0.2) is 4.79 Å². The molecular weight excluding hydrogens is 330 g/mol. The first-order chi connectivity index (χ1) is 10.0. The summed E-state index contributed by atoms with van der Waals surface area (Å²) >= 11 is 3.50. The summed E-state index contributed by atoms with van der Waals surface area (Å²) in [6.07, 6.45) is 0. The van der Waals surface area contributed by atoms with Crippen molar-refractivity contribution in [2.45, 2.75) is 20.4 Å². The lowest BCUT2D eigenvalue weighted by Gasteiger charge is -2.13. The topological polar surface area (TPSA) is 38.3 Å². The minimum absolute atomic E-state index is 0.310. The first-order valence-corrected chi connectivity index (χ1v) is 7.49. The van der Waals surface area contributed by atoms with Crippen LogP contribution >= 0.6 is 15.9 Å². The van der Waals surface area contributed by atoms with E-state index >= 15 is 0 Å². The maximum atomic E-state index is 11.7. The average Bonchev–Trinajstić information content (AvgIpc) is 2.49. The van der Waals surface area contributed by atoms with E-state index in [9.17, 15) is 4.79 Å². The maximum absolute atomic E-state index is 11.7. The molecule has 0 aliphatic heterocycles. The van der Waals surface area contributed by atoms with Gasteiger partial charge in [0.1, 0.15) is 0 Å². The Morgan fingerprint density at radius 3 is 2.67 bits per heavy atom. The minimum Gasteiger partial charge on any atom is -0.465 e. The van der Waals surface area contributed by atoms with E-state index in [0.29, 0.717) is 12.1 Å². The van der Waals surface area contributed by atoms with Crippen LogP contribution in [0.5, 0.6) is 0 Å². The summed E-state index contributed by atoms with van der Waals surface area (Å²) < 4.78 is 5.90. The van der Waals surface area contributed by atoms with Crippen molar-refractivity contribution in [2.24, 2.45) is 0 Å². The molecule has 0 spiro atoms. The second kappa shape index (κ2) is 6.76. The van der Waals surface area contributed by atoms with Gasteiger partial charge < -0.3 is 10.1 Å². The molecule has 0 saturated carbocycles. The number of nitrogens with one attached hydrogen (secondary N) is 1. The fourth-order valence-corrected chi connectivity index (χ4v) is 2.42. The lowest BCUT2D eigenvalue weighted by Crippen LogP contribution is -2.07. The van der Waals surface area contributed by atoms with Crippen LogP contribution in [0.3, 0.4) is 0 Å². The van der Waals surface area contributed by atoms with Gasteiger partial charge in [-0.2, -0.15) is 0 Å². The third-order valence-corrected chi connectivity index (χ3v) is 4.33. The summed E-state index contributed by atoms with van der Waals surface area (Å²) in [5.41, 5.74) is 4.83. The van der Waals surface area contributed by atoms with Crippen molar-refractivity contribution in [3.8, 4) is 0 Å². The fourth-order valence-electron chi connectivity index (χ4n) is 2.17. The van der Waals surface area contributed by atoms with E-state index < -0.39 is 0 Å². The molecule has 4 heteroatoms. The predicted molar refractivity (Wildman–Crippen MR) is 88.7 cm³/mol. The third kappa shape index (κ3) is 3.64. The lowest BCUT2D eigenvalue weighted by molar-refractivity contribution is 0.0600. The second-order valence-corrected chi connectivity index (χ2v) is 5.76. The van der Waals surface area contributed by atoms with Crippen LogP contribution < -0.4 is 5.32 Å². The number of rotatable bonds is 4. The molecule has 0 amide bonds. The zero-order chi connectivity index (χ0) is 15.4. The number of benzene rings is 2. The number of aryl methyl sites for hydroxylation is 1. The highest BCUT2D eigenvalue weighted by Crippen LogP contribution is 2.22. The van der Waals surface area contributed by atoms with Crippen LogP contribution in [0, 0.1) is 13.8 Å². The molecule has 0 atom stereocenters. The first kappa shape index (κ1) is 15.6. The number of carbonyl (C=O) groups is 1. The van der Waals surface area contributed by atoms with Gasteiger partial charge in [0.05, 0.1) is 12.7 Å². The highest BCUT2D eigenvalue weighted by atomic mass is 79.9. The number of hydrogen-bond acceptors (Lipinski definition) is 3. The molecule has 2 aromatic carbocycles. The largest absolute Gasteiger partial charge is 0.465 e. The highest BCUT2D eigenvalue weighted by Gasteiger charge is 2.11. The van der Waals surface area contributed by atoms with Crippen molar-refractivity contribution in [1.82, 2.24) is 0 Å². The molecule has 21 heavy (non-hydrogen) atoms. The maximum Gasteiger partial charge on any atom is 0.338 e. The minimum atomic E-state index is -0.310. The van der Waals surface area contributed by atoms with Crippen LogP contribution in [0.25, 0.3) is 0 Å². The summed E-state index contributed by atoms with van der Waals surface area (Å²) in [4.78, 5) is 11.7. The Bertz CT molecular complexity index is 668. The Kier molecular flexibility index (Phi) is 5.02. The fraction of sp³-hybridized carbons (Fsp3) is 0.235. The number of ether oxygens (including phenoxy) is 1. The van der Waals surface area contributed by atoms with Crippen molar-refractivity contribution in [2.75, 3.05) is 12.4 Å². The predicted octanol–water partition coefficient (Wildman–Crippen LogP) is 4.46. The van der Waals surface area contributed by atoms with Crippen LogP contribution in [0.15, 0.2) is 40.9 Å². The quantitative estimate of drug-likeness (QED) is 0.829. The molecule has 0 aromatic heterocycles. The molecule has 1 N–H and O–H groups in total. The van der Waals surface area contributed by atoms with E-state index in [4.69, 9.17) is 4.74 Å². The van der Waals surface area contributed by atoms with Crippen molar-refractivity contribution < 1.29 is 9.53 Å². The number of halogens is 1. The Morgan fingerprint density at radius 1 is 1.24 bits per heavy atom. The first-order valence-electron chi connectivity index (χ1n) is 6.69. The zero-order valence-corrected chi connectivity index (χ0v) is 14.0. The van der Waals surface area contributed by atoms with Gasteiger partial charge in [-0.3, -0.25) is 0 Å². The molecular formula is C17H18BrNO2. The smallest absolute Gasteiger partial charge is 0.338 e. The van der Waals surface area contributed by atoms with Crippen molar-refractivity contribution in [3.05, 3.63) is 63.1 Å². The number of carbonyl (C=O) groups excluding carboxylic acids is 1. The van der Waals surface area contributed by atoms with Gasteiger partial charge in [0, 0.05) is 16.7 Å². The second-order valence-electron chi connectivity index (χ2n) is 4.91. The standard InChI is InChI=1S/C17H18BrNO2/c1-11-9-13(7-8-15(11)18)10-19-16-6-4-5-14(12(16)2)17(20)21-3/h4-9,19H,10H2,1-3H3. The van der Waals surface area contributed by atoms with Crippen LogP contribution in [-0.4, -0.2) is 13.1 Å². The molecule has 0 heterocycles. The number of esters is 1. The molecule has 0 fully saturated rings. The molecule has 3 nitrogen and oxygen atoms in total. The van der Waals surface area contributed by atoms with E-state index in [0.717, 1.165) is 15.7 Å². The van der Waals surface area contributed by atoms with Crippen LogP contribution in [0.2, 0.25) is 0 Å². The molecule has 0 aliphatic carbocycles. The van der Waals surface area contributed by atoms with E-state index in [1.54, 1.807) is 6.07 Å². The third-order valence-electron chi connectivity index (χ3n) is 3.44. The number of methoxy groups -OCH3 is 1. The summed E-state index contributed by atoms with van der Waals surface area (Å²) in [5.74, 6) is -0.310. The van der Waals surface area contributed by atoms with Gasteiger partial charge in [-0.05, 0) is 48.7 Å². The molecule has 0 saturated heterocycles. The highest BCUT2D eigenvalue weighted by molar-refractivity contribution is 9.10. The van der Waals surface area contributed by atoms with Gasteiger partial charge >= 0.3 is 5.97 Å². The van der Waals surface area contributed by atoms with E-state index in [1.165, 1.54) is 18.2 Å². The molecule has 0 aliphatic rings. The van der Waals surface area contributed by atoms with Crippen molar-refractivity contribution >= 4 is 27.6 Å². The van der Waals surface area contributed by atoms with Gasteiger partial charge in [0.25, 0.3) is 0 Å². The van der Waals surface area contributed by atoms with Crippen LogP contribution in [0.4, 0.5) is 5.69 Å². The van der Waals surface area contributed by atoms with Crippen LogP contribution in [-0.2, 0) is 11.3 Å². The molecule has 110 valence electrons. The van der Waals surface area contributed by atoms with Crippen molar-refractivity contribution in [1.29, 1.82) is 0 Å². The van der Waals surface area contributed by atoms with E-state index in [-0.39, 0.29) is 5.97 Å². The zero-order valence-electron chi connectivity index (χ0n) is 12.4. The molecule has 2 aromatic rings. The van der Waals surface area contributed by atoms with Gasteiger partial charge in [-0.15, -0.1) is 0 Å². The summed E-state index contributed by atoms with van der Waals surface area (Å²) in [5, 5.41) is 3.37. The normalized spacial score (nSPS) is 10.3. The summed E-state index contributed by atoms with van der Waals surface area (Å²) in [6, 6.07) is 11.8. The van der Waals surface area contributed by atoms with Gasteiger partial charge in [0.15, 0.2) is 0 Å². The van der Waals surface area contributed by atoms with Gasteiger partial charge in [0.2, 0.25) is 0 Å². The SMILES string of the molecule is COC(=O)c1cccc(NCc2ccc(Br)c(C)c2)c1C. The Hall–Kier alpha value is -1.81.